The van der Waals surface area contributed by atoms with Gasteiger partial charge in [0.15, 0.2) is 0 Å². The molecule has 0 aliphatic heterocycles. The van der Waals surface area contributed by atoms with Gasteiger partial charge in [0.25, 0.3) is 0 Å². The third kappa shape index (κ3) is 16.3. The van der Waals surface area contributed by atoms with E-state index in [0.717, 1.165) is 109 Å². The molecule has 1 unspecified atom stereocenters. The second-order valence-corrected chi connectivity index (χ2v) is 14.0. The summed E-state index contributed by atoms with van der Waals surface area (Å²) in [6, 6.07) is 9.72. The first kappa shape index (κ1) is 44.5. The number of hydrogen-bond donors (Lipinski definition) is 0. The van der Waals surface area contributed by atoms with Crippen LogP contribution in [0.1, 0.15) is 192 Å². The number of rotatable bonds is 28. The van der Waals surface area contributed by atoms with Gasteiger partial charge < -0.3 is 18.9 Å². The Labute approximate surface area is 313 Å². The van der Waals surface area contributed by atoms with Crippen LogP contribution in [0.2, 0.25) is 0 Å². The monoisotopic (exact) mass is 722 g/mol. The van der Waals surface area contributed by atoms with E-state index >= 15 is 0 Å². The van der Waals surface area contributed by atoms with Crippen molar-refractivity contribution >= 4 is 23.9 Å². The van der Waals surface area contributed by atoms with Gasteiger partial charge in [-0.05, 0) is 60.9 Å². The molecule has 8 heteroatoms. The van der Waals surface area contributed by atoms with Gasteiger partial charge in [0.05, 0.1) is 48.7 Å². The summed E-state index contributed by atoms with van der Waals surface area (Å²) in [5.74, 6) is -2.33. The van der Waals surface area contributed by atoms with Gasteiger partial charge in [0, 0.05) is 0 Å². The lowest BCUT2D eigenvalue weighted by atomic mass is 9.92. The maximum Gasteiger partial charge on any atom is 0.339 e. The highest BCUT2D eigenvalue weighted by atomic mass is 16.5. The van der Waals surface area contributed by atoms with Gasteiger partial charge in [0.2, 0.25) is 0 Å². The summed E-state index contributed by atoms with van der Waals surface area (Å²) in [7, 11) is 0. The zero-order valence-electron chi connectivity index (χ0n) is 32.9. The minimum absolute atomic E-state index is 0.0477. The molecule has 0 aromatic heterocycles. The van der Waals surface area contributed by atoms with Crippen molar-refractivity contribution in [2.75, 3.05) is 26.4 Å². The number of benzene rings is 2. The molecule has 2 rings (SSSR count). The molecule has 0 radical (unpaired) electrons. The minimum atomic E-state index is -0.644. The first-order valence-corrected chi connectivity index (χ1v) is 20.2. The summed E-state index contributed by atoms with van der Waals surface area (Å²) in [5, 5.41) is 0. The van der Waals surface area contributed by atoms with E-state index in [2.05, 4.69) is 27.7 Å². The number of ether oxygens (including phenoxy) is 4. The van der Waals surface area contributed by atoms with Crippen molar-refractivity contribution in [3.8, 4) is 11.1 Å². The predicted molar refractivity (Wildman–Crippen MR) is 208 cm³/mol. The molecule has 0 spiro atoms. The second kappa shape index (κ2) is 27.0. The number of esters is 4. The molecule has 0 aliphatic rings. The van der Waals surface area contributed by atoms with E-state index in [-0.39, 0.29) is 54.6 Å². The molecule has 0 fully saturated rings. The lowest BCUT2D eigenvalue weighted by Gasteiger charge is -2.17. The quantitative estimate of drug-likeness (QED) is 0.0485. The van der Waals surface area contributed by atoms with Crippen LogP contribution < -0.4 is 0 Å². The summed E-state index contributed by atoms with van der Waals surface area (Å²) in [4.78, 5) is 54.2. The van der Waals surface area contributed by atoms with E-state index in [1.165, 1.54) is 6.07 Å². The summed E-state index contributed by atoms with van der Waals surface area (Å²) < 4.78 is 22.7. The van der Waals surface area contributed by atoms with Gasteiger partial charge >= 0.3 is 23.9 Å². The fourth-order valence-corrected chi connectivity index (χ4v) is 6.01. The van der Waals surface area contributed by atoms with Crippen LogP contribution in [-0.4, -0.2) is 50.3 Å². The lowest BCUT2D eigenvalue weighted by molar-refractivity contribution is 0.0416. The van der Waals surface area contributed by atoms with Gasteiger partial charge in [-0.15, -0.1) is 0 Å². The Kier molecular flexibility index (Phi) is 23.1. The van der Waals surface area contributed by atoms with E-state index < -0.39 is 23.9 Å². The van der Waals surface area contributed by atoms with Crippen molar-refractivity contribution in [1.29, 1.82) is 0 Å². The Bertz CT molecular complexity index is 1350. The average molecular weight is 723 g/mol. The molecule has 0 aliphatic carbocycles. The van der Waals surface area contributed by atoms with Crippen molar-refractivity contribution in [2.45, 2.75) is 150 Å². The Morgan fingerprint density at radius 2 is 0.981 bits per heavy atom. The molecule has 0 amide bonds. The summed E-state index contributed by atoms with van der Waals surface area (Å²) in [6.45, 7) is 11.5. The Morgan fingerprint density at radius 1 is 0.500 bits per heavy atom. The zero-order valence-corrected chi connectivity index (χ0v) is 32.9. The maximum absolute atomic E-state index is 13.8. The van der Waals surface area contributed by atoms with Gasteiger partial charge in [-0.25, -0.2) is 19.2 Å². The molecule has 8 nitrogen and oxygen atoms in total. The highest BCUT2D eigenvalue weighted by molar-refractivity contribution is 6.09. The molecule has 2 aromatic carbocycles. The first-order chi connectivity index (χ1) is 25.3. The maximum atomic E-state index is 13.8. The molecule has 1 atom stereocenters. The molecule has 0 saturated heterocycles. The highest BCUT2D eigenvalue weighted by Gasteiger charge is 2.27. The molecule has 0 N–H and O–H groups in total. The molecule has 0 saturated carbocycles. The zero-order chi connectivity index (χ0) is 38.0. The Balaban J connectivity index is 2.47. The highest BCUT2D eigenvalue weighted by Crippen LogP contribution is 2.31. The lowest BCUT2D eigenvalue weighted by Crippen LogP contribution is -2.18. The first-order valence-electron chi connectivity index (χ1n) is 20.2. The van der Waals surface area contributed by atoms with E-state index in [9.17, 15) is 19.2 Å². The van der Waals surface area contributed by atoms with Gasteiger partial charge in [-0.1, -0.05) is 143 Å². The van der Waals surface area contributed by atoms with Crippen molar-refractivity contribution < 1.29 is 38.1 Å². The van der Waals surface area contributed by atoms with Gasteiger partial charge in [-0.3, -0.25) is 0 Å². The van der Waals surface area contributed by atoms with E-state index in [0.29, 0.717) is 17.5 Å². The molecule has 0 heterocycles. The summed E-state index contributed by atoms with van der Waals surface area (Å²) in [5.41, 5.74) is 1.18. The van der Waals surface area contributed by atoms with Crippen LogP contribution in [0.15, 0.2) is 36.4 Å². The molecule has 0 bridgehead atoms. The fourth-order valence-electron chi connectivity index (χ4n) is 6.01. The third-order valence-electron chi connectivity index (χ3n) is 9.25. The average Bonchev–Trinajstić information content (AvgIpc) is 3.16. The largest absolute Gasteiger partial charge is 0.462 e. The predicted octanol–water partition coefficient (Wildman–Crippen LogP) is 11.7. The van der Waals surface area contributed by atoms with E-state index in [1.807, 2.05) is 6.92 Å². The van der Waals surface area contributed by atoms with Crippen LogP contribution in [0.5, 0.6) is 0 Å². The van der Waals surface area contributed by atoms with Crippen molar-refractivity contribution in [3.05, 3.63) is 58.7 Å². The van der Waals surface area contributed by atoms with E-state index in [1.54, 1.807) is 30.3 Å². The normalized spacial score (nSPS) is 11.6. The Hall–Kier alpha value is -3.68. The van der Waals surface area contributed by atoms with Crippen molar-refractivity contribution in [1.82, 2.24) is 0 Å². The number of carbonyl (C=O) groups excluding carboxylic acids is 4. The SMILES string of the molecule is CCCCCCCOC(=O)c1ccc(-c2cccc(C(=O)OCCCCCCC)c2C(=O)OCCCCCCC)cc1C(=O)OCC(C)CCCC. The smallest absolute Gasteiger partial charge is 0.339 e. The fraction of sp³-hybridized carbons (Fsp3) is 0.636. The standard InChI is InChI=1S/C44H66O8/c1-6-10-14-17-20-29-49-41(45)37-28-27-35(32-39(37)43(47)52-33-34(5)24-13-9-4)36-25-23-26-38(42(46)50-30-21-18-15-11-7-2)40(36)44(48)51-31-22-19-16-12-8-3/h23,25-28,32,34H,6-22,24,29-31,33H2,1-5H3. The van der Waals surface area contributed by atoms with Crippen LogP contribution in [0, 0.1) is 5.92 Å². The van der Waals surface area contributed by atoms with E-state index in [4.69, 9.17) is 18.9 Å². The van der Waals surface area contributed by atoms with Crippen molar-refractivity contribution in [2.24, 2.45) is 5.92 Å². The number of carbonyl (C=O) groups is 4. The summed E-state index contributed by atoms with van der Waals surface area (Å²) in [6.07, 6.45) is 18.0. The van der Waals surface area contributed by atoms with Crippen LogP contribution in [0.3, 0.4) is 0 Å². The molecular weight excluding hydrogens is 656 g/mol. The van der Waals surface area contributed by atoms with Crippen LogP contribution in [0.4, 0.5) is 0 Å². The number of hydrogen-bond acceptors (Lipinski definition) is 8. The number of unbranched alkanes of at least 4 members (excludes halogenated alkanes) is 13. The summed E-state index contributed by atoms with van der Waals surface area (Å²) >= 11 is 0. The topological polar surface area (TPSA) is 105 Å². The van der Waals surface area contributed by atoms with Gasteiger partial charge in [-0.2, -0.15) is 0 Å². The molecule has 52 heavy (non-hydrogen) atoms. The van der Waals surface area contributed by atoms with Crippen LogP contribution in [0.25, 0.3) is 11.1 Å². The Morgan fingerprint density at radius 3 is 1.52 bits per heavy atom. The van der Waals surface area contributed by atoms with Crippen LogP contribution in [-0.2, 0) is 18.9 Å². The second-order valence-electron chi connectivity index (χ2n) is 14.0. The third-order valence-corrected chi connectivity index (χ3v) is 9.25. The molecular formula is C44H66O8. The molecule has 290 valence electrons. The minimum Gasteiger partial charge on any atom is -0.462 e. The van der Waals surface area contributed by atoms with Gasteiger partial charge in [0.1, 0.15) is 0 Å². The van der Waals surface area contributed by atoms with Crippen LogP contribution >= 0.6 is 0 Å². The van der Waals surface area contributed by atoms with Crippen molar-refractivity contribution in [3.63, 3.8) is 0 Å². The molecule has 2 aromatic rings.